The molecule has 0 spiro atoms. The highest BCUT2D eigenvalue weighted by atomic mass is 32.2. The number of thioether (sulfide) groups is 1. The first-order chi connectivity index (χ1) is 8.83. The summed E-state index contributed by atoms with van der Waals surface area (Å²) in [5.74, 6) is 0.111. The van der Waals surface area contributed by atoms with E-state index < -0.39 is 15.8 Å². The van der Waals surface area contributed by atoms with Gasteiger partial charge < -0.3 is 10.5 Å². The lowest BCUT2D eigenvalue weighted by atomic mass is 10.2. The standard InChI is InChI=1S/C12H17NO4S2/c1-3-17-12(14)9-4-5-11(10(13)8-9)18-6-7-19(2,15)16/h4-5,8H,3,6-7,13H2,1-2H3. The van der Waals surface area contributed by atoms with E-state index in [1.54, 1.807) is 25.1 Å². The van der Waals surface area contributed by atoms with Crippen molar-refractivity contribution < 1.29 is 17.9 Å². The van der Waals surface area contributed by atoms with Gasteiger partial charge in [0.05, 0.1) is 17.9 Å². The van der Waals surface area contributed by atoms with E-state index in [0.717, 1.165) is 4.90 Å². The Morgan fingerprint density at radius 2 is 2.11 bits per heavy atom. The fraction of sp³-hybridized carbons (Fsp3) is 0.417. The van der Waals surface area contributed by atoms with E-state index in [1.165, 1.54) is 18.0 Å². The third kappa shape index (κ3) is 5.52. The second kappa shape index (κ2) is 6.81. The summed E-state index contributed by atoms with van der Waals surface area (Å²) in [4.78, 5) is 12.3. The molecule has 0 aliphatic rings. The van der Waals surface area contributed by atoms with Crippen LogP contribution in [0.1, 0.15) is 17.3 Å². The van der Waals surface area contributed by atoms with E-state index in [0.29, 0.717) is 23.6 Å². The first-order valence-corrected chi connectivity index (χ1v) is 8.75. The molecular formula is C12H17NO4S2. The molecule has 7 heteroatoms. The molecule has 19 heavy (non-hydrogen) atoms. The monoisotopic (exact) mass is 303 g/mol. The lowest BCUT2D eigenvalue weighted by molar-refractivity contribution is 0.0526. The molecule has 0 aliphatic heterocycles. The second-order valence-electron chi connectivity index (χ2n) is 3.95. The average Bonchev–Trinajstić information content (AvgIpc) is 2.30. The van der Waals surface area contributed by atoms with Gasteiger partial charge in [-0.1, -0.05) is 0 Å². The number of hydrogen-bond acceptors (Lipinski definition) is 6. The van der Waals surface area contributed by atoms with E-state index >= 15 is 0 Å². The number of ether oxygens (including phenoxy) is 1. The van der Waals surface area contributed by atoms with Crippen molar-refractivity contribution in [1.29, 1.82) is 0 Å². The van der Waals surface area contributed by atoms with Crippen molar-refractivity contribution in [1.82, 2.24) is 0 Å². The van der Waals surface area contributed by atoms with Gasteiger partial charge in [0.25, 0.3) is 0 Å². The number of rotatable bonds is 6. The number of hydrogen-bond donors (Lipinski definition) is 1. The summed E-state index contributed by atoms with van der Waals surface area (Å²) in [5, 5.41) is 0. The predicted molar refractivity (Wildman–Crippen MR) is 77.2 cm³/mol. The number of anilines is 1. The van der Waals surface area contributed by atoms with Gasteiger partial charge in [-0.15, -0.1) is 11.8 Å². The molecule has 0 atom stereocenters. The highest BCUT2D eigenvalue weighted by molar-refractivity contribution is 8.00. The summed E-state index contributed by atoms with van der Waals surface area (Å²) in [6.07, 6.45) is 1.20. The third-order valence-corrected chi connectivity index (χ3v) is 4.53. The third-order valence-electron chi connectivity index (χ3n) is 2.23. The van der Waals surface area contributed by atoms with E-state index in [1.807, 2.05) is 0 Å². The number of sulfone groups is 1. The van der Waals surface area contributed by atoms with Crippen molar-refractivity contribution in [2.75, 3.05) is 30.1 Å². The van der Waals surface area contributed by atoms with Gasteiger partial charge in [-0.05, 0) is 25.1 Å². The van der Waals surface area contributed by atoms with Gasteiger partial charge in [0.2, 0.25) is 0 Å². The van der Waals surface area contributed by atoms with Crippen LogP contribution in [-0.4, -0.2) is 38.8 Å². The van der Waals surface area contributed by atoms with Crippen molar-refractivity contribution >= 4 is 33.3 Å². The molecular weight excluding hydrogens is 286 g/mol. The molecule has 1 aromatic carbocycles. The first-order valence-electron chi connectivity index (χ1n) is 5.70. The Morgan fingerprint density at radius 1 is 1.42 bits per heavy atom. The minimum atomic E-state index is -2.97. The van der Waals surface area contributed by atoms with Gasteiger partial charge in [0.1, 0.15) is 9.84 Å². The minimum absolute atomic E-state index is 0.0940. The van der Waals surface area contributed by atoms with Gasteiger partial charge in [-0.3, -0.25) is 0 Å². The summed E-state index contributed by atoms with van der Waals surface area (Å²) in [6, 6.07) is 4.87. The molecule has 106 valence electrons. The summed E-state index contributed by atoms with van der Waals surface area (Å²) in [7, 11) is -2.97. The predicted octanol–water partition coefficient (Wildman–Crippen LogP) is 1.58. The quantitative estimate of drug-likeness (QED) is 0.488. The molecule has 0 saturated heterocycles. The van der Waals surface area contributed by atoms with Crippen LogP contribution in [0.5, 0.6) is 0 Å². The Hall–Kier alpha value is -1.21. The van der Waals surface area contributed by atoms with E-state index in [-0.39, 0.29) is 5.75 Å². The van der Waals surface area contributed by atoms with E-state index in [4.69, 9.17) is 10.5 Å². The van der Waals surface area contributed by atoms with Crippen LogP contribution in [0.25, 0.3) is 0 Å². The van der Waals surface area contributed by atoms with Gasteiger partial charge >= 0.3 is 5.97 Å². The smallest absolute Gasteiger partial charge is 0.338 e. The van der Waals surface area contributed by atoms with Crippen LogP contribution in [0, 0.1) is 0 Å². The van der Waals surface area contributed by atoms with E-state index in [2.05, 4.69) is 0 Å². The molecule has 0 unspecified atom stereocenters. The Balaban J connectivity index is 2.70. The average molecular weight is 303 g/mol. The minimum Gasteiger partial charge on any atom is -0.462 e. The number of nitrogen functional groups attached to an aromatic ring is 1. The number of nitrogens with two attached hydrogens (primary N) is 1. The molecule has 5 nitrogen and oxygen atoms in total. The summed E-state index contributed by atoms with van der Waals surface area (Å²) in [6.45, 7) is 2.04. The Labute approximate surface area is 117 Å². The molecule has 0 saturated carbocycles. The zero-order valence-electron chi connectivity index (χ0n) is 10.9. The molecule has 2 N–H and O–H groups in total. The first kappa shape index (κ1) is 15.8. The van der Waals surface area contributed by atoms with Crippen LogP contribution in [-0.2, 0) is 14.6 Å². The lowest BCUT2D eigenvalue weighted by Crippen LogP contribution is -2.07. The van der Waals surface area contributed by atoms with Gasteiger partial charge in [0.15, 0.2) is 0 Å². The van der Waals surface area contributed by atoms with Crippen LogP contribution in [0.3, 0.4) is 0 Å². The number of carbonyl (C=O) groups is 1. The molecule has 0 amide bonds. The normalized spacial score (nSPS) is 11.3. The van der Waals surface area contributed by atoms with Crippen LogP contribution >= 0.6 is 11.8 Å². The maximum absolute atomic E-state index is 11.5. The SMILES string of the molecule is CCOC(=O)c1ccc(SCCS(C)(=O)=O)c(N)c1. The second-order valence-corrected chi connectivity index (χ2v) is 7.35. The van der Waals surface area contributed by atoms with E-state index in [9.17, 15) is 13.2 Å². The molecule has 1 rings (SSSR count). The zero-order valence-corrected chi connectivity index (χ0v) is 12.5. The maximum Gasteiger partial charge on any atom is 0.338 e. The highest BCUT2D eigenvalue weighted by Crippen LogP contribution is 2.26. The number of carbonyl (C=O) groups excluding carboxylic acids is 1. The van der Waals surface area contributed by atoms with Crippen LogP contribution in [0.2, 0.25) is 0 Å². The molecule has 0 aromatic heterocycles. The summed E-state index contributed by atoms with van der Waals surface area (Å²) < 4.78 is 26.9. The largest absolute Gasteiger partial charge is 0.462 e. The molecule has 0 radical (unpaired) electrons. The van der Waals surface area contributed by atoms with Crippen molar-refractivity contribution in [3.8, 4) is 0 Å². The van der Waals surface area contributed by atoms with Crippen LogP contribution in [0.4, 0.5) is 5.69 Å². The summed E-state index contributed by atoms with van der Waals surface area (Å²) >= 11 is 1.35. The Morgan fingerprint density at radius 3 is 2.63 bits per heavy atom. The molecule has 0 bridgehead atoms. The number of benzene rings is 1. The van der Waals surface area contributed by atoms with Crippen molar-refractivity contribution in [3.05, 3.63) is 23.8 Å². The molecule has 0 aliphatic carbocycles. The molecule has 0 heterocycles. The highest BCUT2D eigenvalue weighted by Gasteiger charge is 2.10. The molecule has 1 aromatic rings. The Kier molecular flexibility index (Phi) is 5.68. The lowest BCUT2D eigenvalue weighted by Gasteiger charge is -2.07. The maximum atomic E-state index is 11.5. The van der Waals surface area contributed by atoms with Crippen LogP contribution in [0.15, 0.2) is 23.1 Å². The van der Waals surface area contributed by atoms with Gasteiger partial charge in [-0.25, -0.2) is 13.2 Å². The number of esters is 1. The van der Waals surface area contributed by atoms with Gasteiger partial charge in [0, 0.05) is 22.6 Å². The van der Waals surface area contributed by atoms with Crippen molar-refractivity contribution in [3.63, 3.8) is 0 Å². The summed E-state index contributed by atoms with van der Waals surface area (Å²) in [5.41, 5.74) is 6.67. The Bertz CT molecular complexity index is 555. The molecule has 0 fully saturated rings. The van der Waals surface area contributed by atoms with Gasteiger partial charge in [-0.2, -0.15) is 0 Å². The van der Waals surface area contributed by atoms with Crippen molar-refractivity contribution in [2.45, 2.75) is 11.8 Å². The van der Waals surface area contributed by atoms with Crippen LogP contribution < -0.4 is 5.73 Å². The van der Waals surface area contributed by atoms with Crippen molar-refractivity contribution in [2.24, 2.45) is 0 Å². The fourth-order valence-electron chi connectivity index (χ4n) is 1.32. The zero-order chi connectivity index (χ0) is 14.5. The topological polar surface area (TPSA) is 86.5 Å². The fourth-order valence-corrected chi connectivity index (χ4v) is 3.48.